The Kier molecular flexibility index (Phi) is 5.88. The number of aromatic nitrogens is 1. The molecular formula is C20H21FN4O3. The third-order valence-electron chi connectivity index (χ3n) is 4.26. The Balaban J connectivity index is 1.65. The first kappa shape index (κ1) is 19.3. The van der Waals surface area contributed by atoms with E-state index in [0.29, 0.717) is 18.7 Å². The molecule has 1 unspecified atom stereocenters. The number of nitrogens with zero attached hydrogens (tertiary/aromatic N) is 2. The predicted molar refractivity (Wildman–Crippen MR) is 103 cm³/mol. The van der Waals surface area contributed by atoms with Crippen LogP contribution in [0.1, 0.15) is 19.8 Å². The van der Waals surface area contributed by atoms with Crippen LogP contribution in [-0.2, 0) is 9.59 Å². The monoisotopic (exact) mass is 384 g/mol. The molecule has 0 spiro atoms. The van der Waals surface area contributed by atoms with E-state index in [1.54, 1.807) is 12.3 Å². The molecule has 1 saturated heterocycles. The average molecular weight is 384 g/mol. The maximum atomic E-state index is 14.3. The van der Waals surface area contributed by atoms with Crippen molar-refractivity contribution in [2.75, 3.05) is 17.6 Å². The third-order valence-corrected chi connectivity index (χ3v) is 4.26. The quantitative estimate of drug-likeness (QED) is 0.745. The molecule has 2 heterocycles. The molecule has 0 radical (unpaired) electrons. The van der Waals surface area contributed by atoms with Crippen LogP contribution in [0.15, 0.2) is 48.8 Å². The Labute approximate surface area is 162 Å². The number of amides is 2. The molecule has 28 heavy (non-hydrogen) atoms. The first-order valence-electron chi connectivity index (χ1n) is 8.95. The molecule has 2 aromatic rings. The first-order chi connectivity index (χ1) is 13.5. The van der Waals surface area contributed by atoms with Gasteiger partial charge in [0.15, 0.2) is 11.6 Å². The Morgan fingerprint density at radius 3 is 2.96 bits per heavy atom. The molecule has 2 amide bonds. The van der Waals surface area contributed by atoms with Crippen molar-refractivity contribution in [2.24, 2.45) is 5.92 Å². The van der Waals surface area contributed by atoms with Crippen molar-refractivity contribution in [3.63, 3.8) is 0 Å². The fourth-order valence-corrected chi connectivity index (χ4v) is 2.84. The van der Waals surface area contributed by atoms with Gasteiger partial charge in [0.1, 0.15) is 17.5 Å². The van der Waals surface area contributed by atoms with Gasteiger partial charge in [-0.25, -0.2) is 9.37 Å². The molecule has 1 aliphatic rings. The van der Waals surface area contributed by atoms with Crippen molar-refractivity contribution in [3.05, 3.63) is 54.6 Å². The van der Waals surface area contributed by atoms with Gasteiger partial charge in [-0.3, -0.25) is 9.59 Å². The molecular weight excluding hydrogens is 363 g/mol. The van der Waals surface area contributed by atoms with Gasteiger partial charge in [-0.2, -0.15) is 0 Å². The summed E-state index contributed by atoms with van der Waals surface area (Å²) < 4.78 is 19.8. The lowest BCUT2D eigenvalue weighted by molar-refractivity contribution is -0.134. The van der Waals surface area contributed by atoms with Crippen LogP contribution in [0.25, 0.3) is 0 Å². The van der Waals surface area contributed by atoms with Crippen LogP contribution in [0.2, 0.25) is 0 Å². The molecule has 1 aromatic heterocycles. The minimum Gasteiger partial charge on any atom is -0.454 e. The van der Waals surface area contributed by atoms with Crippen LogP contribution < -0.4 is 15.8 Å². The Morgan fingerprint density at radius 1 is 1.43 bits per heavy atom. The number of likely N-dealkylation sites (tertiary alicyclic amines) is 1. The third kappa shape index (κ3) is 4.46. The van der Waals surface area contributed by atoms with Gasteiger partial charge in [-0.05, 0) is 31.0 Å². The van der Waals surface area contributed by atoms with Gasteiger partial charge in [0.05, 0.1) is 0 Å². The first-order valence-corrected chi connectivity index (χ1v) is 8.95. The molecule has 1 aromatic carbocycles. The van der Waals surface area contributed by atoms with Crippen LogP contribution in [0.5, 0.6) is 11.5 Å². The second-order valence-corrected chi connectivity index (χ2v) is 6.32. The highest BCUT2D eigenvalue weighted by molar-refractivity contribution is 6.07. The van der Waals surface area contributed by atoms with Crippen LogP contribution in [0.3, 0.4) is 0 Å². The van der Waals surface area contributed by atoms with Crippen LogP contribution >= 0.6 is 0 Å². The van der Waals surface area contributed by atoms with E-state index >= 15 is 0 Å². The van der Waals surface area contributed by atoms with Gasteiger partial charge in [0, 0.05) is 36.8 Å². The minimum atomic E-state index is -0.778. The molecule has 3 rings (SSSR count). The van der Waals surface area contributed by atoms with Gasteiger partial charge in [-0.1, -0.05) is 13.0 Å². The number of anilines is 2. The fraction of sp³-hybridized carbons (Fsp3) is 0.250. The van der Waals surface area contributed by atoms with E-state index in [4.69, 9.17) is 10.5 Å². The predicted octanol–water partition coefficient (Wildman–Crippen LogP) is 3.31. The number of nitrogen functional groups attached to an aromatic ring is 1. The highest BCUT2D eigenvalue weighted by atomic mass is 19.1. The summed E-state index contributed by atoms with van der Waals surface area (Å²) in [5.41, 5.74) is 5.82. The smallest absolute Gasteiger partial charge is 0.239 e. The lowest BCUT2D eigenvalue weighted by Gasteiger charge is -2.13. The average Bonchev–Trinajstić information content (AvgIpc) is 3.03. The number of hydrogen-bond donors (Lipinski definition) is 2. The van der Waals surface area contributed by atoms with Crippen molar-refractivity contribution < 1.29 is 18.7 Å². The lowest BCUT2D eigenvalue weighted by Crippen LogP contribution is -2.30. The summed E-state index contributed by atoms with van der Waals surface area (Å²) in [4.78, 5) is 30.1. The summed E-state index contributed by atoms with van der Waals surface area (Å²) in [5.74, 6) is -1.55. The molecule has 0 bridgehead atoms. The second kappa shape index (κ2) is 8.51. The summed E-state index contributed by atoms with van der Waals surface area (Å²) >= 11 is 0. The number of benzene rings is 1. The number of allylic oxidation sites excluding steroid dienone is 1. The number of halogens is 1. The molecule has 146 valence electrons. The summed E-state index contributed by atoms with van der Waals surface area (Å²) in [6.45, 7) is 2.45. The Hall–Kier alpha value is -3.42. The SMILES string of the molecule is CC/C=C/N1CCC(C(=O)Nc2ccc(Oc3ccnc(N)c3)c(F)c2)C1=O. The Morgan fingerprint density at radius 2 is 2.25 bits per heavy atom. The van der Waals surface area contributed by atoms with Crippen LogP contribution in [0.4, 0.5) is 15.9 Å². The molecule has 0 saturated carbocycles. The zero-order chi connectivity index (χ0) is 20.1. The van der Waals surface area contributed by atoms with Gasteiger partial charge in [0.2, 0.25) is 11.8 Å². The number of carbonyl (C=O) groups is 2. The largest absolute Gasteiger partial charge is 0.454 e. The van der Waals surface area contributed by atoms with E-state index in [1.165, 1.54) is 29.3 Å². The van der Waals surface area contributed by atoms with E-state index < -0.39 is 17.6 Å². The highest BCUT2D eigenvalue weighted by Gasteiger charge is 2.35. The topological polar surface area (TPSA) is 97.6 Å². The van der Waals surface area contributed by atoms with E-state index in [0.717, 1.165) is 12.5 Å². The number of nitrogens with two attached hydrogens (primary N) is 1. The summed E-state index contributed by atoms with van der Waals surface area (Å²) in [6.07, 6.45) is 6.25. The van der Waals surface area contributed by atoms with Crippen LogP contribution in [-0.4, -0.2) is 28.2 Å². The van der Waals surface area contributed by atoms with E-state index in [1.807, 2.05) is 13.0 Å². The summed E-state index contributed by atoms with van der Waals surface area (Å²) in [6, 6.07) is 7.07. The standard InChI is InChI=1S/C20H21FN4O3/c1-2-3-9-25-10-7-15(20(25)27)19(26)24-13-4-5-17(16(21)11-13)28-14-6-8-23-18(22)12-14/h3-6,8-9,11-12,15H,2,7,10H2,1H3,(H2,22,23)(H,24,26)/b9-3+. The van der Waals surface area contributed by atoms with Crippen molar-refractivity contribution >= 4 is 23.3 Å². The van der Waals surface area contributed by atoms with Crippen molar-refractivity contribution in [1.29, 1.82) is 0 Å². The number of rotatable bonds is 6. The molecule has 1 atom stereocenters. The number of hydrogen-bond acceptors (Lipinski definition) is 5. The normalized spacial score (nSPS) is 16.6. The zero-order valence-electron chi connectivity index (χ0n) is 15.4. The van der Waals surface area contributed by atoms with E-state index in [2.05, 4.69) is 10.3 Å². The van der Waals surface area contributed by atoms with E-state index in [-0.39, 0.29) is 23.2 Å². The summed E-state index contributed by atoms with van der Waals surface area (Å²) in [7, 11) is 0. The molecule has 8 heteroatoms. The molecule has 0 aliphatic carbocycles. The molecule has 1 fully saturated rings. The van der Waals surface area contributed by atoms with Crippen LogP contribution in [0, 0.1) is 11.7 Å². The number of pyridine rings is 1. The number of ether oxygens (including phenoxy) is 1. The van der Waals surface area contributed by atoms with E-state index in [9.17, 15) is 14.0 Å². The molecule has 7 nitrogen and oxygen atoms in total. The van der Waals surface area contributed by atoms with Crippen molar-refractivity contribution in [2.45, 2.75) is 19.8 Å². The maximum Gasteiger partial charge on any atom is 0.239 e. The second-order valence-electron chi connectivity index (χ2n) is 6.32. The molecule has 3 N–H and O–H groups in total. The Bertz CT molecular complexity index is 916. The van der Waals surface area contributed by atoms with Crippen molar-refractivity contribution in [1.82, 2.24) is 9.88 Å². The van der Waals surface area contributed by atoms with Crippen molar-refractivity contribution in [3.8, 4) is 11.5 Å². The zero-order valence-corrected chi connectivity index (χ0v) is 15.4. The fourth-order valence-electron chi connectivity index (χ4n) is 2.84. The van der Waals surface area contributed by atoms with Gasteiger partial charge in [-0.15, -0.1) is 0 Å². The summed E-state index contributed by atoms with van der Waals surface area (Å²) in [5, 5.41) is 2.60. The van der Waals surface area contributed by atoms with Gasteiger partial charge in [0.25, 0.3) is 0 Å². The van der Waals surface area contributed by atoms with Gasteiger partial charge < -0.3 is 20.7 Å². The number of nitrogens with one attached hydrogen (secondary N) is 1. The highest BCUT2D eigenvalue weighted by Crippen LogP contribution is 2.28. The molecule has 1 aliphatic heterocycles. The number of carbonyl (C=O) groups excluding carboxylic acids is 2. The minimum absolute atomic E-state index is 0.0172. The maximum absolute atomic E-state index is 14.3. The van der Waals surface area contributed by atoms with Gasteiger partial charge >= 0.3 is 0 Å². The lowest BCUT2D eigenvalue weighted by atomic mass is 10.1.